The molecule has 1 atom stereocenters. The van der Waals surface area contributed by atoms with Gasteiger partial charge in [0.2, 0.25) is 0 Å². The van der Waals surface area contributed by atoms with Gasteiger partial charge in [-0.15, -0.1) is 0 Å². The maximum atomic E-state index is 5.76. The molecule has 0 aliphatic heterocycles. The predicted molar refractivity (Wildman–Crippen MR) is 62.6 cm³/mol. The fourth-order valence-electron chi connectivity index (χ4n) is 1.05. The molecule has 0 fully saturated rings. The Kier molecular flexibility index (Phi) is 4.17. The van der Waals surface area contributed by atoms with Crippen molar-refractivity contribution in [1.82, 2.24) is 0 Å². The van der Waals surface area contributed by atoms with E-state index in [1.807, 2.05) is 31.2 Å². The number of hydrogen-bond acceptors (Lipinski definition) is 2. The lowest BCUT2D eigenvalue weighted by molar-refractivity contribution is 0.360. The van der Waals surface area contributed by atoms with Crippen molar-refractivity contribution in [3.05, 3.63) is 40.9 Å². The lowest BCUT2D eigenvalue weighted by atomic mass is 10.1. The minimum atomic E-state index is 0.0331. The van der Waals surface area contributed by atoms with Crippen LogP contribution in [0.15, 0.2) is 35.3 Å². The highest BCUT2D eigenvalue weighted by Gasteiger charge is 2.00. The normalized spacial score (nSPS) is 12.2. The number of halogens is 1. The van der Waals surface area contributed by atoms with E-state index in [9.17, 15) is 0 Å². The summed E-state index contributed by atoms with van der Waals surface area (Å²) in [6, 6.07) is 7.80. The summed E-state index contributed by atoms with van der Waals surface area (Å²) < 4.78 is 6.28. The van der Waals surface area contributed by atoms with Crippen molar-refractivity contribution in [3.63, 3.8) is 0 Å². The first-order valence-electron chi connectivity index (χ1n) is 4.41. The first kappa shape index (κ1) is 11.3. The van der Waals surface area contributed by atoms with Gasteiger partial charge in [0.25, 0.3) is 0 Å². The lowest BCUT2D eigenvalue weighted by Crippen LogP contribution is -2.05. The maximum Gasteiger partial charge on any atom is 0.120 e. The van der Waals surface area contributed by atoms with Crippen molar-refractivity contribution in [2.75, 3.05) is 6.61 Å². The molecule has 76 valence electrons. The van der Waals surface area contributed by atoms with E-state index in [1.165, 1.54) is 0 Å². The second-order valence-corrected chi connectivity index (χ2v) is 4.29. The van der Waals surface area contributed by atoms with Crippen LogP contribution in [0.1, 0.15) is 18.5 Å². The van der Waals surface area contributed by atoms with Gasteiger partial charge in [-0.05, 0) is 24.6 Å². The fraction of sp³-hybridized carbons (Fsp3) is 0.273. The van der Waals surface area contributed by atoms with Crippen LogP contribution in [0, 0.1) is 0 Å². The van der Waals surface area contributed by atoms with Crippen LogP contribution in [0.25, 0.3) is 0 Å². The molecule has 1 aromatic carbocycles. The van der Waals surface area contributed by atoms with Crippen LogP contribution >= 0.6 is 15.9 Å². The van der Waals surface area contributed by atoms with Gasteiger partial charge in [-0.1, -0.05) is 34.6 Å². The molecule has 2 nitrogen and oxygen atoms in total. The Morgan fingerprint density at radius 1 is 1.64 bits per heavy atom. The Morgan fingerprint density at radius 2 is 2.36 bits per heavy atom. The van der Waals surface area contributed by atoms with Crippen LogP contribution in [0.4, 0.5) is 0 Å². The number of benzene rings is 1. The molecule has 0 saturated carbocycles. The zero-order chi connectivity index (χ0) is 10.6. The minimum absolute atomic E-state index is 0.0331. The molecule has 0 heterocycles. The van der Waals surface area contributed by atoms with Gasteiger partial charge >= 0.3 is 0 Å². The Balaban J connectivity index is 2.68. The van der Waals surface area contributed by atoms with Gasteiger partial charge in [0.05, 0.1) is 0 Å². The maximum absolute atomic E-state index is 5.76. The molecule has 0 unspecified atom stereocenters. The Morgan fingerprint density at radius 3 is 2.93 bits per heavy atom. The van der Waals surface area contributed by atoms with Crippen LogP contribution in [-0.2, 0) is 0 Å². The molecule has 0 bridgehead atoms. The average molecular weight is 256 g/mol. The van der Waals surface area contributed by atoms with Gasteiger partial charge in [0, 0.05) is 10.5 Å². The zero-order valence-corrected chi connectivity index (χ0v) is 9.75. The van der Waals surface area contributed by atoms with Crippen LogP contribution in [0.5, 0.6) is 5.75 Å². The first-order chi connectivity index (χ1) is 6.59. The van der Waals surface area contributed by atoms with E-state index in [0.717, 1.165) is 15.8 Å². The summed E-state index contributed by atoms with van der Waals surface area (Å²) in [5, 5.41) is 0. The molecular weight excluding hydrogens is 242 g/mol. The fourth-order valence-corrected chi connectivity index (χ4v) is 1.16. The van der Waals surface area contributed by atoms with E-state index in [2.05, 4.69) is 22.5 Å². The number of nitrogens with two attached hydrogens (primary N) is 1. The van der Waals surface area contributed by atoms with Gasteiger partial charge in [-0.2, -0.15) is 0 Å². The van der Waals surface area contributed by atoms with Gasteiger partial charge in [-0.25, -0.2) is 0 Å². The third-order valence-corrected chi connectivity index (χ3v) is 2.01. The van der Waals surface area contributed by atoms with Crippen LogP contribution in [0.3, 0.4) is 0 Å². The molecule has 14 heavy (non-hydrogen) atoms. The largest absolute Gasteiger partial charge is 0.488 e. The molecule has 1 rings (SSSR count). The summed E-state index contributed by atoms with van der Waals surface area (Å²) in [4.78, 5) is 0. The van der Waals surface area contributed by atoms with Crippen molar-refractivity contribution in [1.29, 1.82) is 0 Å². The van der Waals surface area contributed by atoms with Crippen molar-refractivity contribution >= 4 is 15.9 Å². The number of hydrogen-bond donors (Lipinski definition) is 1. The molecule has 0 spiro atoms. The summed E-state index contributed by atoms with van der Waals surface area (Å²) in [5.74, 6) is 0.820. The van der Waals surface area contributed by atoms with E-state index in [-0.39, 0.29) is 6.04 Å². The molecule has 0 radical (unpaired) electrons. The Bertz CT molecular complexity index is 323. The van der Waals surface area contributed by atoms with Crippen LogP contribution in [0.2, 0.25) is 0 Å². The van der Waals surface area contributed by atoms with Gasteiger partial charge in [0.1, 0.15) is 12.4 Å². The van der Waals surface area contributed by atoms with E-state index >= 15 is 0 Å². The minimum Gasteiger partial charge on any atom is -0.488 e. The molecule has 0 aliphatic rings. The summed E-state index contributed by atoms with van der Waals surface area (Å²) in [6.45, 7) is 6.12. The quantitative estimate of drug-likeness (QED) is 0.898. The predicted octanol–water partition coefficient (Wildman–Crippen LogP) is 2.99. The Hall–Kier alpha value is -0.800. The third kappa shape index (κ3) is 3.52. The summed E-state index contributed by atoms with van der Waals surface area (Å²) >= 11 is 3.24. The summed E-state index contributed by atoms with van der Waals surface area (Å²) in [5.41, 5.74) is 6.83. The highest BCUT2D eigenvalue weighted by molar-refractivity contribution is 9.11. The molecule has 1 aromatic rings. The molecular formula is C11H14BrNO. The molecule has 3 heteroatoms. The molecule has 0 saturated heterocycles. The topological polar surface area (TPSA) is 35.2 Å². The molecule has 0 amide bonds. The van der Waals surface area contributed by atoms with Crippen molar-refractivity contribution in [2.24, 2.45) is 5.73 Å². The number of rotatable bonds is 4. The number of ether oxygens (including phenoxy) is 1. The highest BCUT2D eigenvalue weighted by Crippen LogP contribution is 2.18. The van der Waals surface area contributed by atoms with E-state index in [4.69, 9.17) is 10.5 Å². The highest BCUT2D eigenvalue weighted by atomic mass is 79.9. The summed E-state index contributed by atoms with van der Waals surface area (Å²) in [6.07, 6.45) is 0. The lowest BCUT2D eigenvalue weighted by Gasteiger charge is -2.09. The average Bonchev–Trinajstić information content (AvgIpc) is 2.15. The second-order valence-electron chi connectivity index (χ2n) is 3.17. The first-order valence-corrected chi connectivity index (χ1v) is 5.20. The standard InChI is InChI=1S/C11H14BrNO/c1-8(12)7-14-11-5-3-4-10(6-11)9(2)13/h3-6,9H,1,7,13H2,2H3/t9-/m0/s1. The van der Waals surface area contributed by atoms with Crippen LogP contribution < -0.4 is 10.5 Å². The Labute approximate surface area is 92.9 Å². The third-order valence-electron chi connectivity index (χ3n) is 1.78. The summed E-state index contributed by atoms with van der Waals surface area (Å²) in [7, 11) is 0. The smallest absolute Gasteiger partial charge is 0.120 e. The van der Waals surface area contributed by atoms with E-state index in [0.29, 0.717) is 6.61 Å². The van der Waals surface area contributed by atoms with Crippen molar-refractivity contribution in [2.45, 2.75) is 13.0 Å². The van der Waals surface area contributed by atoms with E-state index < -0.39 is 0 Å². The van der Waals surface area contributed by atoms with Gasteiger partial charge < -0.3 is 10.5 Å². The van der Waals surface area contributed by atoms with Gasteiger partial charge in [0.15, 0.2) is 0 Å². The zero-order valence-electron chi connectivity index (χ0n) is 8.16. The molecule has 0 aliphatic carbocycles. The van der Waals surface area contributed by atoms with Crippen LogP contribution in [-0.4, -0.2) is 6.61 Å². The molecule has 0 aromatic heterocycles. The van der Waals surface area contributed by atoms with Crippen molar-refractivity contribution < 1.29 is 4.74 Å². The SMILES string of the molecule is C=C(Br)COc1cccc([C@H](C)N)c1. The second kappa shape index (κ2) is 5.17. The monoisotopic (exact) mass is 255 g/mol. The van der Waals surface area contributed by atoms with Gasteiger partial charge in [-0.3, -0.25) is 0 Å². The van der Waals surface area contributed by atoms with Crippen molar-refractivity contribution in [3.8, 4) is 5.75 Å². The molecule has 2 N–H and O–H groups in total. The van der Waals surface area contributed by atoms with E-state index in [1.54, 1.807) is 0 Å².